The van der Waals surface area contributed by atoms with Gasteiger partial charge < -0.3 is 14.4 Å². The van der Waals surface area contributed by atoms with Crippen LogP contribution in [0.4, 0.5) is 0 Å². The summed E-state index contributed by atoms with van der Waals surface area (Å²) in [5.74, 6) is 0.942. The summed E-state index contributed by atoms with van der Waals surface area (Å²) in [5, 5.41) is 11.3. The van der Waals surface area contributed by atoms with Crippen LogP contribution in [0.2, 0.25) is 0 Å². The predicted octanol–water partition coefficient (Wildman–Crippen LogP) is 3.18. The molecule has 26 heavy (non-hydrogen) atoms. The van der Waals surface area contributed by atoms with E-state index in [1.165, 1.54) is 24.0 Å². The number of phenols is 1. The van der Waals surface area contributed by atoms with Crippen molar-refractivity contribution in [2.24, 2.45) is 5.92 Å². The second-order valence-electron chi connectivity index (χ2n) is 7.39. The van der Waals surface area contributed by atoms with E-state index in [4.69, 9.17) is 4.42 Å². The first-order valence-electron chi connectivity index (χ1n) is 9.29. The summed E-state index contributed by atoms with van der Waals surface area (Å²) in [6.45, 7) is 5.19. The van der Waals surface area contributed by atoms with E-state index in [1.54, 1.807) is 24.3 Å². The van der Waals surface area contributed by atoms with E-state index in [9.17, 15) is 9.90 Å². The van der Waals surface area contributed by atoms with Crippen molar-refractivity contribution >= 4 is 16.8 Å². The Balaban J connectivity index is 1.74. The van der Waals surface area contributed by atoms with Gasteiger partial charge in [0, 0.05) is 10.9 Å². The highest BCUT2D eigenvalue weighted by Crippen LogP contribution is 2.32. The lowest BCUT2D eigenvalue weighted by Gasteiger charge is -2.27. The summed E-state index contributed by atoms with van der Waals surface area (Å²) >= 11 is 0. The SMILES string of the molecule is CC1CC[NH+](Cc2c(O)ccc3occ(C(=O)c4ccccc4)c23)CC1. The van der Waals surface area contributed by atoms with Gasteiger partial charge in [-0.3, -0.25) is 4.79 Å². The van der Waals surface area contributed by atoms with E-state index in [-0.39, 0.29) is 11.5 Å². The standard InChI is InChI=1S/C22H23NO3/c1-15-9-11-23(12-10-15)13-17-19(24)7-8-20-21(17)18(14-26-20)22(25)16-5-3-2-4-6-16/h2-8,14-15,24H,9-13H2,1H3/p+1. The molecule has 4 rings (SSSR count). The molecule has 0 atom stereocenters. The first kappa shape index (κ1) is 16.9. The Kier molecular flexibility index (Phi) is 4.51. The molecule has 0 amide bonds. The van der Waals surface area contributed by atoms with Crippen LogP contribution in [0, 0.1) is 5.92 Å². The van der Waals surface area contributed by atoms with Gasteiger partial charge in [0.15, 0.2) is 5.78 Å². The fourth-order valence-corrected chi connectivity index (χ4v) is 3.88. The van der Waals surface area contributed by atoms with E-state index >= 15 is 0 Å². The highest BCUT2D eigenvalue weighted by molar-refractivity contribution is 6.16. The molecule has 2 aromatic carbocycles. The Labute approximate surface area is 153 Å². The fraction of sp³-hybridized carbons (Fsp3) is 0.318. The normalized spacial score (nSPS) is 20.3. The Hall–Kier alpha value is -2.59. The van der Waals surface area contributed by atoms with Crippen molar-refractivity contribution in [3.63, 3.8) is 0 Å². The number of hydrogen-bond acceptors (Lipinski definition) is 3. The highest BCUT2D eigenvalue weighted by Gasteiger charge is 2.25. The molecule has 0 saturated carbocycles. The number of furan rings is 1. The van der Waals surface area contributed by atoms with Crippen molar-refractivity contribution in [2.75, 3.05) is 13.1 Å². The van der Waals surface area contributed by atoms with E-state index in [0.29, 0.717) is 23.3 Å². The average Bonchev–Trinajstić information content (AvgIpc) is 3.10. The van der Waals surface area contributed by atoms with Crippen LogP contribution in [0.5, 0.6) is 5.75 Å². The minimum Gasteiger partial charge on any atom is -0.507 e. The van der Waals surface area contributed by atoms with Gasteiger partial charge in [0.25, 0.3) is 0 Å². The summed E-state index contributed by atoms with van der Waals surface area (Å²) in [5.41, 5.74) is 2.63. The van der Waals surface area contributed by atoms with Gasteiger partial charge in [0.2, 0.25) is 0 Å². The molecule has 4 heteroatoms. The Morgan fingerprint density at radius 2 is 1.88 bits per heavy atom. The molecule has 2 N–H and O–H groups in total. The number of fused-ring (bicyclic) bond motifs is 1. The van der Waals surface area contributed by atoms with Gasteiger partial charge in [0.1, 0.15) is 24.1 Å². The second kappa shape index (κ2) is 6.96. The van der Waals surface area contributed by atoms with Crippen LogP contribution in [-0.4, -0.2) is 24.0 Å². The minimum absolute atomic E-state index is 0.0709. The molecule has 1 fully saturated rings. The van der Waals surface area contributed by atoms with Crippen molar-refractivity contribution in [3.8, 4) is 5.75 Å². The lowest BCUT2D eigenvalue weighted by Crippen LogP contribution is -3.11. The molecule has 0 radical (unpaired) electrons. The predicted molar refractivity (Wildman–Crippen MR) is 101 cm³/mol. The Morgan fingerprint density at radius 1 is 1.15 bits per heavy atom. The number of benzene rings is 2. The summed E-state index contributed by atoms with van der Waals surface area (Å²) in [6, 6.07) is 12.6. The third kappa shape index (κ3) is 3.13. The summed E-state index contributed by atoms with van der Waals surface area (Å²) in [7, 11) is 0. The zero-order valence-corrected chi connectivity index (χ0v) is 15.0. The number of carbonyl (C=O) groups excluding carboxylic acids is 1. The minimum atomic E-state index is -0.0709. The van der Waals surface area contributed by atoms with Crippen molar-refractivity contribution < 1.29 is 19.2 Å². The largest absolute Gasteiger partial charge is 0.507 e. The third-order valence-corrected chi connectivity index (χ3v) is 5.51. The smallest absolute Gasteiger partial charge is 0.196 e. The zero-order chi connectivity index (χ0) is 18.1. The van der Waals surface area contributed by atoms with E-state index in [1.807, 2.05) is 18.2 Å². The maximum atomic E-state index is 13.0. The van der Waals surface area contributed by atoms with Crippen molar-refractivity contribution in [2.45, 2.75) is 26.3 Å². The first-order chi connectivity index (χ1) is 12.6. The summed E-state index contributed by atoms with van der Waals surface area (Å²) in [4.78, 5) is 14.4. The van der Waals surface area contributed by atoms with Crippen LogP contribution in [-0.2, 0) is 6.54 Å². The van der Waals surface area contributed by atoms with Crippen LogP contribution in [0.3, 0.4) is 0 Å². The van der Waals surface area contributed by atoms with E-state index < -0.39 is 0 Å². The lowest BCUT2D eigenvalue weighted by atomic mass is 9.96. The fourth-order valence-electron chi connectivity index (χ4n) is 3.88. The van der Waals surface area contributed by atoms with Gasteiger partial charge in [-0.15, -0.1) is 0 Å². The van der Waals surface area contributed by atoms with Crippen molar-refractivity contribution in [3.05, 3.63) is 65.4 Å². The molecule has 1 aliphatic heterocycles. The number of nitrogens with one attached hydrogen (secondary N) is 1. The second-order valence-corrected chi connectivity index (χ2v) is 7.39. The maximum Gasteiger partial charge on any atom is 0.196 e. The number of ketones is 1. The molecule has 1 saturated heterocycles. The molecule has 2 heterocycles. The van der Waals surface area contributed by atoms with Crippen LogP contribution in [0.25, 0.3) is 11.0 Å². The number of piperidine rings is 1. The van der Waals surface area contributed by atoms with Crippen LogP contribution >= 0.6 is 0 Å². The number of hydrogen-bond donors (Lipinski definition) is 2. The molecular weight excluding hydrogens is 326 g/mol. The molecule has 1 aliphatic rings. The van der Waals surface area contributed by atoms with Gasteiger partial charge in [-0.05, 0) is 30.9 Å². The number of phenolic OH excluding ortho intramolecular Hbond substituents is 1. The van der Waals surface area contributed by atoms with Crippen molar-refractivity contribution in [1.29, 1.82) is 0 Å². The van der Waals surface area contributed by atoms with Gasteiger partial charge in [-0.25, -0.2) is 0 Å². The summed E-state index contributed by atoms with van der Waals surface area (Å²) < 4.78 is 5.65. The molecule has 0 bridgehead atoms. The number of carbonyl (C=O) groups is 1. The van der Waals surface area contributed by atoms with Crippen LogP contribution in [0.15, 0.2) is 53.1 Å². The topological polar surface area (TPSA) is 54.9 Å². The van der Waals surface area contributed by atoms with E-state index in [0.717, 1.165) is 30.0 Å². The Morgan fingerprint density at radius 3 is 2.62 bits per heavy atom. The molecule has 0 unspecified atom stereocenters. The quantitative estimate of drug-likeness (QED) is 0.711. The maximum absolute atomic E-state index is 13.0. The monoisotopic (exact) mass is 350 g/mol. The van der Waals surface area contributed by atoms with Gasteiger partial charge in [0.05, 0.1) is 24.2 Å². The summed E-state index contributed by atoms with van der Waals surface area (Å²) in [6.07, 6.45) is 3.93. The van der Waals surface area contributed by atoms with Crippen LogP contribution in [0.1, 0.15) is 41.3 Å². The zero-order valence-electron chi connectivity index (χ0n) is 15.0. The lowest BCUT2D eigenvalue weighted by molar-refractivity contribution is -0.919. The molecule has 1 aromatic heterocycles. The van der Waals surface area contributed by atoms with Gasteiger partial charge in [-0.2, -0.15) is 0 Å². The Bertz CT molecular complexity index is 921. The van der Waals surface area contributed by atoms with Gasteiger partial charge in [-0.1, -0.05) is 37.3 Å². The van der Waals surface area contributed by atoms with Gasteiger partial charge >= 0.3 is 0 Å². The number of rotatable bonds is 4. The first-order valence-corrected chi connectivity index (χ1v) is 9.29. The van der Waals surface area contributed by atoms with Crippen molar-refractivity contribution in [1.82, 2.24) is 0 Å². The van der Waals surface area contributed by atoms with E-state index in [2.05, 4.69) is 6.92 Å². The molecule has 0 aliphatic carbocycles. The molecular formula is C22H24NO3+. The number of quaternary nitrogens is 1. The average molecular weight is 350 g/mol. The molecule has 0 spiro atoms. The third-order valence-electron chi connectivity index (χ3n) is 5.51. The molecule has 3 aromatic rings. The number of likely N-dealkylation sites (tertiary alicyclic amines) is 1. The molecule has 134 valence electrons. The van der Waals surface area contributed by atoms with Crippen LogP contribution < -0.4 is 4.90 Å². The molecule has 4 nitrogen and oxygen atoms in total. The number of aromatic hydroxyl groups is 1. The highest BCUT2D eigenvalue weighted by atomic mass is 16.3.